The van der Waals surface area contributed by atoms with Crippen molar-refractivity contribution in [3.63, 3.8) is 0 Å². The molecule has 0 aromatic heterocycles. The van der Waals surface area contributed by atoms with Crippen molar-refractivity contribution in [3.05, 3.63) is 47.5 Å². The van der Waals surface area contributed by atoms with E-state index in [1.165, 1.54) is 26.4 Å². The van der Waals surface area contributed by atoms with Crippen molar-refractivity contribution in [3.8, 4) is 11.5 Å². The average molecular weight is 382 g/mol. The molecule has 2 aromatic carbocycles. The number of ether oxygens (including phenoxy) is 2. The first-order chi connectivity index (χ1) is 11.6. The highest BCUT2D eigenvalue weighted by atomic mass is 31.1. The fraction of sp³-hybridized carbons (Fsp3) is 0.250. The molecule has 0 aliphatic rings. The van der Waals surface area contributed by atoms with Gasteiger partial charge in [-0.15, -0.1) is 0 Å². The Morgan fingerprint density at radius 1 is 0.680 bits per heavy atom. The van der Waals surface area contributed by atoms with E-state index in [1.54, 1.807) is 0 Å². The number of halogens is 6. The molecule has 0 heterocycles. The SMILES string of the molecule is COc1cc(C(F)(F)F)ccc1Pc1ccc(C(F)(F)F)cc1OC. The lowest BCUT2D eigenvalue weighted by Gasteiger charge is -2.15. The maximum atomic E-state index is 12.8. The summed E-state index contributed by atoms with van der Waals surface area (Å²) in [5.41, 5.74) is -1.73. The highest BCUT2D eigenvalue weighted by Gasteiger charge is 2.32. The summed E-state index contributed by atoms with van der Waals surface area (Å²) in [4.78, 5) is 0. The first-order valence-corrected chi connectivity index (χ1v) is 7.83. The molecule has 0 bridgehead atoms. The van der Waals surface area contributed by atoms with Gasteiger partial charge in [-0.2, -0.15) is 26.3 Å². The van der Waals surface area contributed by atoms with Crippen molar-refractivity contribution >= 4 is 19.2 Å². The zero-order valence-electron chi connectivity index (χ0n) is 13.0. The van der Waals surface area contributed by atoms with E-state index in [1.807, 2.05) is 0 Å². The van der Waals surface area contributed by atoms with Gasteiger partial charge >= 0.3 is 12.4 Å². The van der Waals surface area contributed by atoms with Gasteiger partial charge in [-0.1, -0.05) is 20.7 Å². The number of alkyl halides is 6. The Morgan fingerprint density at radius 2 is 1.04 bits per heavy atom. The molecular formula is C16H13F6O2P. The Hall–Kier alpha value is -1.95. The molecule has 2 rings (SSSR count). The van der Waals surface area contributed by atoms with Gasteiger partial charge in [-0.05, 0) is 24.3 Å². The van der Waals surface area contributed by atoms with Crippen molar-refractivity contribution in [2.45, 2.75) is 12.4 Å². The molecule has 0 atom stereocenters. The fourth-order valence-electron chi connectivity index (χ4n) is 2.09. The van der Waals surface area contributed by atoms with E-state index in [4.69, 9.17) is 9.47 Å². The van der Waals surface area contributed by atoms with Crippen LogP contribution in [0.2, 0.25) is 0 Å². The maximum Gasteiger partial charge on any atom is 0.416 e. The van der Waals surface area contributed by atoms with Crippen LogP contribution in [-0.2, 0) is 12.4 Å². The molecule has 0 saturated carbocycles. The number of methoxy groups -OCH3 is 2. The smallest absolute Gasteiger partial charge is 0.416 e. The predicted octanol–water partition coefficient (Wildman–Crippen LogP) is 4.37. The zero-order valence-corrected chi connectivity index (χ0v) is 14.0. The molecule has 136 valence electrons. The summed E-state index contributed by atoms with van der Waals surface area (Å²) in [7, 11) is 2.22. The first kappa shape index (κ1) is 19.4. The average Bonchev–Trinajstić information content (AvgIpc) is 2.53. The lowest BCUT2D eigenvalue weighted by atomic mass is 10.2. The second kappa shape index (κ2) is 7.12. The van der Waals surface area contributed by atoms with E-state index in [2.05, 4.69) is 0 Å². The second-order valence-corrected chi connectivity index (χ2v) is 6.28. The minimum atomic E-state index is -4.51. The van der Waals surface area contributed by atoms with Crippen molar-refractivity contribution < 1.29 is 35.8 Å². The molecule has 0 spiro atoms. The van der Waals surface area contributed by atoms with Crippen LogP contribution in [0.3, 0.4) is 0 Å². The summed E-state index contributed by atoms with van der Waals surface area (Å²) < 4.78 is 86.5. The van der Waals surface area contributed by atoms with Crippen LogP contribution in [0, 0.1) is 0 Å². The molecule has 0 radical (unpaired) electrons. The van der Waals surface area contributed by atoms with Gasteiger partial charge in [-0.3, -0.25) is 0 Å². The van der Waals surface area contributed by atoms with Crippen molar-refractivity contribution in [2.24, 2.45) is 0 Å². The van der Waals surface area contributed by atoms with Gasteiger partial charge in [0.25, 0.3) is 0 Å². The number of benzene rings is 2. The van der Waals surface area contributed by atoms with Gasteiger partial charge in [0, 0.05) is 10.6 Å². The van der Waals surface area contributed by atoms with E-state index >= 15 is 0 Å². The summed E-state index contributed by atoms with van der Waals surface area (Å²) in [5, 5.41) is 0.849. The first-order valence-electron chi connectivity index (χ1n) is 6.83. The van der Waals surface area contributed by atoms with Gasteiger partial charge in [0.1, 0.15) is 11.5 Å². The van der Waals surface area contributed by atoms with Crippen LogP contribution in [0.1, 0.15) is 11.1 Å². The molecule has 0 unspecified atom stereocenters. The molecule has 25 heavy (non-hydrogen) atoms. The Bertz CT molecular complexity index is 692. The fourth-order valence-corrected chi connectivity index (χ4v) is 3.31. The van der Waals surface area contributed by atoms with E-state index in [9.17, 15) is 26.3 Å². The van der Waals surface area contributed by atoms with Crippen molar-refractivity contribution in [2.75, 3.05) is 14.2 Å². The van der Waals surface area contributed by atoms with E-state index < -0.39 is 23.5 Å². The topological polar surface area (TPSA) is 18.5 Å². The standard InChI is InChI=1S/C16H13F6O2P/c1-23-11-7-9(15(17,18)19)3-5-13(11)25-14-6-4-10(16(20,21)22)8-12(14)24-2/h3-8,25H,1-2H3. The quantitative estimate of drug-likeness (QED) is 0.578. The van der Waals surface area contributed by atoms with Crippen LogP contribution in [0.4, 0.5) is 26.3 Å². The van der Waals surface area contributed by atoms with Crippen LogP contribution in [0.25, 0.3) is 0 Å². The third-order valence-corrected chi connectivity index (χ3v) is 4.69. The third-order valence-electron chi connectivity index (χ3n) is 3.33. The monoisotopic (exact) mass is 382 g/mol. The van der Waals surface area contributed by atoms with E-state index in [0.29, 0.717) is 10.6 Å². The molecule has 9 heteroatoms. The minimum absolute atomic E-state index is 0.00936. The Kier molecular flexibility index (Phi) is 5.52. The summed E-state index contributed by atoms with van der Waals surface area (Å²) in [5.74, 6) is 0.0187. The van der Waals surface area contributed by atoms with Gasteiger partial charge in [0.2, 0.25) is 0 Å². The Balaban J connectivity index is 2.39. The second-order valence-electron chi connectivity index (χ2n) is 4.95. The molecule has 2 aromatic rings. The molecule has 0 amide bonds. The normalized spacial score (nSPS) is 12.2. The van der Waals surface area contributed by atoms with Crippen LogP contribution >= 0.6 is 8.58 Å². The predicted molar refractivity (Wildman–Crippen MR) is 83.6 cm³/mol. The largest absolute Gasteiger partial charge is 0.496 e. The Labute approximate surface area is 141 Å². The van der Waals surface area contributed by atoms with Crippen LogP contribution in [0.5, 0.6) is 11.5 Å². The highest BCUT2D eigenvalue weighted by molar-refractivity contribution is 7.56. The van der Waals surface area contributed by atoms with Gasteiger partial charge < -0.3 is 9.47 Å². The lowest BCUT2D eigenvalue weighted by molar-refractivity contribution is -0.138. The van der Waals surface area contributed by atoms with Crippen molar-refractivity contribution in [1.82, 2.24) is 0 Å². The molecule has 0 aliphatic carbocycles. The number of hydrogen-bond acceptors (Lipinski definition) is 2. The lowest BCUT2D eigenvalue weighted by Crippen LogP contribution is -2.14. The zero-order chi connectivity index (χ0) is 18.8. The summed E-state index contributed by atoms with van der Waals surface area (Å²) in [6.45, 7) is 0. The van der Waals surface area contributed by atoms with Crippen LogP contribution in [0.15, 0.2) is 36.4 Å². The van der Waals surface area contributed by atoms with Gasteiger partial charge in [0.05, 0.1) is 25.3 Å². The van der Waals surface area contributed by atoms with Crippen LogP contribution < -0.4 is 20.1 Å². The van der Waals surface area contributed by atoms with Gasteiger partial charge in [0.15, 0.2) is 0 Å². The molecule has 0 saturated heterocycles. The van der Waals surface area contributed by atoms with E-state index in [-0.39, 0.29) is 20.1 Å². The minimum Gasteiger partial charge on any atom is -0.496 e. The Morgan fingerprint density at radius 3 is 1.32 bits per heavy atom. The van der Waals surface area contributed by atoms with E-state index in [0.717, 1.165) is 24.3 Å². The number of rotatable bonds is 4. The van der Waals surface area contributed by atoms with Crippen LogP contribution in [-0.4, -0.2) is 14.2 Å². The molecule has 2 nitrogen and oxygen atoms in total. The molecule has 0 N–H and O–H groups in total. The maximum absolute atomic E-state index is 12.8. The summed E-state index contributed by atoms with van der Waals surface area (Å²) in [6, 6.07) is 6.02. The molecule has 0 fully saturated rings. The summed E-state index contributed by atoms with van der Waals surface area (Å²) in [6.07, 6.45) is -9.03. The van der Waals surface area contributed by atoms with Crippen molar-refractivity contribution in [1.29, 1.82) is 0 Å². The highest BCUT2D eigenvalue weighted by Crippen LogP contribution is 2.35. The molecule has 0 aliphatic heterocycles. The molecular weight excluding hydrogens is 369 g/mol. The third kappa shape index (κ3) is 4.57. The van der Waals surface area contributed by atoms with Gasteiger partial charge in [-0.25, -0.2) is 0 Å². The summed E-state index contributed by atoms with van der Waals surface area (Å²) >= 11 is 0. The number of hydrogen-bond donors (Lipinski definition) is 0.